The average Bonchev–Trinajstić information content (AvgIpc) is 2.77. The summed E-state index contributed by atoms with van der Waals surface area (Å²) in [5.74, 6) is -1.02. The first kappa shape index (κ1) is 13.4. The molecule has 1 amide bonds. The molecule has 1 aliphatic heterocycles. The smallest absolute Gasteiger partial charge is 0.296 e. The molecule has 0 fully saturated rings. The highest BCUT2D eigenvalue weighted by molar-refractivity contribution is 6.51. The van der Waals surface area contributed by atoms with Gasteiger partial charge in [-0.2, -0.15) is 0 Å². The molecule has 0 aliphatic carbocycles. The maximum atomic E-state index is 11.6. The highest BCUT2D eigenvalue weighted by Crippen LogP contribution is 2.33. The molecule has 1 heterocycles. The minimum atomic E-state index is -0.555. The van der Waals surface area contributed by atoms with Gasteiger partial charge in [-0.25, -0.2) is 0 Å². The van der Waals surface area contributed by atoms with Gasteiger partial charge in [0.15, 0.2) is 0 Å². The van der Waals surface area contributed by atoms with Crippen molar-refractivity contribution in [2.45, 2.75) is 13.8 Å². The summed E-state index contributed by atoms with van der Waals surface area (Å²) in [6, 6.07) is 13.6. The van der Waals surface area contributed by atoms with Crippen molar-refractivity contribution in [1.29, 1.82) is 0 Å². The van der Waals surface area contributed by atoms with Gasteiger partial charge in [0.2, 0.25) is 0 Å². The second-order valence-electron chi connectivity index (χ2n) is 5.04. The molecule has 1 aliphatic rings. The molecule has 0 saturated heterocycles. The molecule has 3 rings (SSSR count). The Hall–Kier alpha value is -2.62. The van der Waals surface area contributed by atoms with E-state index in [1.165, 1.54) is 5.56 Å². The van der Waals surface area contributed by atoms with E-state index in [1.807, 2.05) is 24.3 Å². The summed E-state index contributed by atoms with van der Waals surface area (Å²) in [5, 5.41) is 2.62. The fourth-order valence-corrected chi connectivity index (χ4v) is 2.66. The molecule has 0 aromatic heterocycles. The van der Waals surface area contributed by atoms with Crippen LogP contribution in [0, 0.1) is 6.92 Å². The van der Waals surface area contributed by atoms with E-state index in [0.717, 1.165) is 17.9 Å². The summed E-state index contributed by atoms with van der Waals surface area (Å²) >= 11 is 0. The second-order valence-corrected chi connectivity index (χ2v) is 5.04. The van der Waals surface area contributed by atoms with E-state index >= 15 is 0 Å². The quantitative estimate of drug-likeness (QED) is 0.878. The summed E-state index contributed by atoms with van der Waals surface area (Å²) in [6.07, 6.45) is 0. The van der Waals surface area contributed by atoms with E-state index < -0.39 is 11.7 Å². The highest BCUT2D eigenvalue weighted by Gasteiger charge is 2.28. The Balaban J connectivity index is 2.04. The molecule has 2 aromatic rings. The summed E-state index contributed by atoms with van der Waals surface area (Å²) < 4.78 is 0. The van der Waals surface area contributed by atoms with Crippen molar-refractivity contribution < 1.29 is 9.59 Å². The third kappa shape index (κ3) is 2.18. The van der Waals surface area contributed by atoms with Crippen molar-refractivity contribution in [3.05, 3.63) is 53.6 Å². The first-order valence-electron chi connectivity index (χ1n) is 6.94. The topological polar surface area (TPSA) is 49.4 Å². The van der Waals surface area contributed by atoms with Crippen LogP contribution < -0.4 is 10.2 Å². The number of hydrogen-bond donors (Lipinski definition) is 1. The third-order valence-corrected chi connectivity index (χ3v) is 3.74. The number of rotatable bonds is 3. The first-order valence-corrected chi connectivity index (χ1v) is 6.94. The summed E-state index contributed by atoms with van der Waals surface area (Å²) in [4.78, 5) is 25.2. The molecule has 4 heteroatoms. The molecule has 0 saturated carbocycles. The summed E-state index contributed by atoms with van der Waals surface area (Å²) in [5.41, 5.74) is 4.30. The summed E-state index contributed by atoms with van der Waals surface area (Å²) in [6.45, 7) is 4.94. The zero-order valence-electron chi connectivity index (χ0n) is 12.0. The van der Waals surface area contributed by atoms with Gasteiger partial charge in [-0.1, -0.05) is 18.2 Å². The molecular formula is C17H16N2O2. The van der Waals surface area contributed by atoms with Gasteiger partial charge >= 0.3 is 0 Å². The maximum Gasteiger partial charge on any atom is 0.296 e. The Morgan fingerprint density at radius 1 is 1.10 bits per heavy atom. The Morgan fingerprint density at radius 2 is 1.86 bits per heavy atom. The number of anilines is 3. The Morgan fingerprint density at radius 3 is 2.57 bits per heavy atom. The number of benzene rings is 2. The van der Waals surface area contributed by atoms with E-state index in [9.17, 15) is 9.59 Å². The van der Waals surface area contributed by atoms with Crippen molar-refractivity contribution in [3.63, 3.8) is 0 Å². The minimum absolute atomic E-state index is 0.449. The van der Waals surface area contributed by atoms with Crippen molar-refractivity contribution in [3.8, 4) is 0 Å². The van der Waals surface area contributed by atoms with Crippen LogP contribution in [0.2, 0.25) is 0 Å². The minimum Gasteiger partial charge on any atom is -0.341 e. The van der Waals surface area contributed by atoms with Crippen LogP contribution in [0.5, 0.6) is 0 Å². The molecule has 0 unspecified atom stereocenters. The molecule has 4 nitrogen and oxygen atoms in total. The van der Waals surface area contributed by atoms with Crippen LogP contribution in [0.25, 0.3) is 0 Å². The fourth-order valence-electron chi connectivity index (χ4n) is 2.66. The predicted octanol–water partition coefficient (Wildman–Crippen LogP) is 3.29. The molecule has 0 radical (unpaired) electrons. The lowest BCUT2D eigenvalue weighted by molar-refractivity contribution is -0.112. The van der Waals surface area contributed by atoms with Gasteiger partial charge in [0.05, 0.1) is 11.3 Å². The van der Waals surface area contributed by atoms with Crippen LogP contribution in [0.3, 0.4) is 0 Å². The zero-order chi connectivity index (χ0) is 15.0. The van der Waals surface area contributed by atoms with Gasteiger partial charge in [-0.15, -0.1) is 0 Å². The van der Waals surface area contributed by atoms with Crippen molar-refractivity contribution in [2.75, 3.05) is 16.8 Å². The standard InChI is InChI=1S/C17H16N2O2/c1-3-19(15-7-5-4-6-11(15)2)12-8-9-13-14(10-12)18-17(21)16(13)20/h4-10H,3H2,1-2H3,(H,18,20,21). The Labute approximate surface area is 123 Å². The predicted molar refractivity (Wildman–Crippen MR) is 83.3 cm³/mol. The SMILES string of the molecule is CCN(c1ccc2c(c1)NC(=O)C2=O)c1ccccc1C. The first-order chi connectivity index (χ1) is 10.1. The largest absolute Gasteiger partial charge is 0.341 e. The Bertz CT molecular complexity index is 737. The van der Waals surface area contributed by atoms with Crippen LogP contribution in [-0.2, 0) is 4.79 Å². The zero-order valence-corrected chi connectivity index (χ0v) is 12.0. The van der Waals surface area contributed by atoms with Crippen LogP contribution in [0.4, 0.5) is 17.1 Å². The molecule has 106 valence electrons. The van der Waals surface area contributed by atoms with Gasteiger partial charge in [-0.05, 0) is 43.7 Å². The lowest BCUT2D eigenvalue weighted by Gasteiger charge is -2.25. The third-order valence-electron chi connectivity index (χ3n) is 3.74. The van der Waals surface area contributed by atoms with E-state index in [1.54, 1.807) is 6.07 Å². The van der Waals surface area contributed by atoms with E-state index in [-0.39, 0.29) is 0 Å². The van der Waals surface area contributed by atoms with E-state index in [2.05, 4.69) is 36.2 Å². The number of ketones is 1. The molecule has 0 bridgehead atoms. The van der Waals surface area contributed by atoms with Crippen LogP contribution in [0.15, 0.2) is 42.5 Å². The van der Waals surface area contributed by atoms with Crippen LogP contribution in [-0.4, -0.2) is 18.2 Å². The highest BCUT2D eigenvalue weighted by atomic mass is 16.2. The number of carbonyl (C=O) groups is 2. The number of hydrogen-bond acceptors (Lipinski definition) is 3. The monoisotopic (exact) mass is 280 g/mol. The van der Waals surface area contributed by atoms with Gasteiger partial charge in [0.25, 0.3) is 11.7 Å². The van der Waals surface area contributed by atoms with Crippen molar-refractivity contribution >= 4 is 28.8 Å². The lowest BCUT2D eigenvalue weighted by atomic mass is 10.1. The van der Waals surface area contributed by atoms with Crippen LogP contribution >= 0.6 is 0 Å². The molecule has 1 N–H and O–H groups in total. The second kappa shape index (κ2) is 5.05. The Kier molecular flexibility index (Phi) is 3.22. The number of carbonyl (C=O) groups excluding carboxylic acids is 2. The molecule has 0 atom stereocenters. The van der Waals surface area contributed by atoms with E-state index in [4.69, 9.17) is 0 Å². The lowest BCUT2D eigenvalue weighted by Crippen LogP contribution is -2.17. The van der Waals surface area contributed by atoms with Crippen molar-refractivity contribution in [1.82, 2.24) is 0 Å². The molecule has 2 aromatic carbocycles. The number of Topliss-reactive ketones (excluding diaryl/α,β-unsaturated/α-hetero) is 1. The summed E-state index contributed by atoms with van der Waals surface area (Å²) in [7, 11) is 0. The van der Waals surface area contributed by atoms with Gasteiger partial charge < -0.3 is 10.2 Å². The number of amides is 1. The van der Waals surface area contributed by atoms with Crippen molar-refractivity contribution in [2.24, 2.45) is 0 Å². The van der Waals surface area contributed by atoms with Gasteiger partial charge in [0.1, 0.15) is 0 Å². The maximum absolute atomic E-state index is 11.6. The number of aryl methyl sites for hydroxylation is 1. The van der Waals surface area contributed by atoms with Gasteiger partial charge in [-0.3, -0.25) is 9.59 Å². The van der Waals surface area contributed by atoms with Crippen LogP contribution in [0.1, 0.15) is 22.8 Å². The fraction of sp³-hybridized carbons (Fsp3) is 0.176. The van der Waals surface area contributed by atoms with E-state index in [0.29, 0.717) is 11.3 Å². The molecule has 0 spiro atoms. The molecule has 21 heavy (non-hydrogen) atoms. The average molecular weight is 280 g/mol. The number of nitrogens with one attached hydrogen (secondary N) is 1. The number of nitrogens with zero attached hydrogens (tertiary/aromatic N) is 1. The molecular weight excluding hydrogens is 264 g/mol. The number of para-hydroxylation sites is 1. The normalized spacial score (nSPS) is 13.0. The van der Waals surface area contributed by atoms with Gasteiger partial charge in [0, 0.05) is 17.9 Å². The number of fused-ring (bicyclic) bond motifs is 1.